The van der Waals surface area contributed by atoms with Crippen LogP contribution in [0.25, 0.3) is 0 Å². The van der Waals surface area contributed by atoms with Crippen LogP contribution in [-0.4, -0.2) is 55.5 Å². The number of nitrogens with one attached hydrogen (secondary N) is 1. The van der Waals surface area contributed by atoms with Crippen molar-refractivity contribution < 1.29 is 4.79 Å². The minimum atomic E-state index is 0.0288. The van der Waals surface area contributed by atoms with E-state index >= 15 is 0 Å². The normalized spacial score (nSPS) is 18.4. The molecular weight excluding hydrogens is 449 g/mol. The molecule has 1 saturated heterocycles. The van der Waals surface area contributed by atoms with Crippen molar-refractivity contribution in [1.82, 2.24) is 15.1 Å². The maximum Gasteiger partial charge on any atom is 0.252 e. The standard InChI is InChI=1S/C22H28IN3O/c1-17-8-6-11-19(21(17)23)22(27)24-12-7-13-26-15-14-25(2)16-20(26)18-9-4-3-5-10-18/h3-6,8-11,20H,7,12-16H2,1-2H3,(H,24,27). The van der Waals surface area contributed by atoms with E-state index in [1.54, 1.807) is 0 Å². The Morgan fingerprint density at radius 2 is 1.93 bits per heavy atom. The summed E-state index contributed by atoms with van der Waals surface area (Å²) in [7, 11) is 2.19. The predicted molar refractivity (Wildman–Crippen MR) is 119 cm³/mol. The van der Waals surface area contributed by atoms with Crippen molar-refractivity contribution in [2.24, 2.45) is 0 Å². The molecule has 0 aliphatic carbocycles. The molecule has 1 fully saturated rings. The number of carbonyl (C=O) groups excluding carboxylic acids is 1. The Morgan fingerprint density at radius 1 is 1.15 bits per heavy atom. The largest absolute Gasteiger partial charge is 0.352 e. The highest BCUT2D eigenvalue weighted by atomic mass is 127. The van der Waals surface area contributed by atoms with Crippen LogP contribution in [0.5, 0.6) is 0 Å². The second kappa shape index (κ2) is 9.66. The van der Waals surface area contributed by atoms with Crippen molar-refractivity contribution in [3.63, 3.8) is 0 Å². The number of piperazine rings is 1. The quantitative estimate of drug-likeness (QED) is 0.509. The molecular formula is C22H28IN3O. The summed E-state index contributed by atoms with van der Waals surface area (Å²) in [5, 5.41) is 3.09. The lowest BCUT2D eigenvalue weighted by Gasteiger charge is -2.40. The van der Waals surface area contributed by atoms with E-state index in [1.165, 1.54) is 5.56 Å². The average molecular weight is 477 g/mol. The number of halogens is 1. The summed E-state index contributed by atoms with van der Waals surface area (Å²) in [6.07, 6.45) is 0.960. The van der Waals surface area contributed by atoms with Crippen molar-refractivity contribution in [3.05, 3.63) is 68.8 Å². The molecule has 1 unspecified atom stereocenters. The van der Waals surface area contributed by atoms with E-state index in [4.69, 9.17) is 0 Å². The van der Waals surface area contributed by atoms with Gasteiger partial charge in [0.1, 0.15) is 0 Å². The van der Waals surface area contributed by atoms with Crippen LogP contribution < -0.4 is 5.32 Å². The summed E-state index contributed by atoms with van der Waals surface area (Å²) in [4.78, 5) is 17.4. The predicted octanol–water partition coefficient (Wildman–Crippen LogP) is 3.71. The Balaban J connectivity index is 1.53. The number of benzene rings is 2. The highest BCUT2D eigenvalue weighted by molar-refractivity contribution is 14.1. The molecule has 3 rings (SSSR count). The van der Waals surface area contributed by atoms with Gasteiger partial charge >= 0.3 is 0 Å². The summed E-state index contributed by atoms with van der Waals surface area (Å²) < 4.78 is 1.04. The first-order valence-electron chi connectivity index (χ1n) is 9.57. The molecule has 1 aliphatic heterocycles. The van der Waals surface area contributed by atoms with Gasteiger partial charge in [-0.15, -0.1) is 0 Å². The zero-order valence-electron chi connectivity index (χ0n) is 16.1. The third-order valence-electron chi connectivity index (χ3n) is 5.22. The fourth-order valence-electron chi connectivity index (χ4n) is 3.62. The lowest BCUT2D eigenvalue weighted by atomic mass is 10.0. The molecule has 144 valence electrons. The van der Waals surface area contributed by atoms with E-state index in [0.717, 1.165) is 47.3 Å². The summed E-state index contributed by atoms with van der Waals surface area (Å²) >= 11 is 2.25. The van der Waals surface area contributed by atoms with E-state index in [2.05, 4.69) is 75.1 Å². The van der Waals surface area contributed by atoms with Crippen molar-refractivity contribution in [1.29, 1.82) is 0 Å². The zero-order valence-corrected chi connectivity index (χ0v) is 18.3. The van der Waals surface area contributed by atoms with Crippen molar-refractivity contribution >= 4 is 28.5 Å². The first kappa shape index (κ1) is 20.3. The SMILES string of the molecule is Cc1cccc(C(=O)NCCCN2CCN(C)CC2c2ccccc2)c1I. The second-order valence-electron chi connectivity index (χ2n) is 7.27. The molecule has 1 N–H and O–H groups in total. The molecule has 0 radical (unpaired) electrons. The zero-order chi connectivity index (χ0) is 19.2. The minimum Gasteiger partial charge on any atom is -0.352 e. The van der Waals surface area contributed by atoms with E-state index in [9.17, 15) is 4.79 Å². The third kappa shape index (κ3) is 5.30. The maximum atomic E-state index is 12.5. The minimum absolute atomic E-state index is 0.0288. The van der Waals surface area contributed by atoms with E-state index in [1.807, 2.05) is 25.1 Å². The van der Waals surface area contributed by atoms with Crippen LogP contribution in [0.3, 0.4) is 0 Å². The molecule has 0 spiro atoms. The fraction of sp³-hybridized carbons (Fsp3) is 0.409. The number of aryl methyl sites for hydroxylation is 1. The molecule has 2 aromatic rings. The van der Waals surface area contributed by atoms with Gasteiger partial charge in [-0.1, -0.05) is 42.5 Å². The molecule has 0 bridgehead atoms. The number of nitrogens with zero attached hydrogens (tertiary/aromatic N) is 2. The first-order chi connectivity index (χ1) is 13.1. The topological polar surface area (TPSA) is 35.6 Å². The van der Waals surface area contributed by atoms with Crippen LogP contribution in [0, 0.1) is 10.5 Å². The van der Waals surface area contributed by atoms with Gasteiger partial charge in [0.25, 0.3) is 5.91 Å². The lowest BCUT2D eigenvalue weighted by Crippen LogP contribution is -2.47. The molecule has 0 aromatic heterocycles. The Kier molecular flexibility index (Phi) is 7.26. The molecule has 1 heterocycles. The van der Waals surface area contributed by atoms with Crippen molar-refractivity contribution in [2.75, 3.05) is 39.8 Å². The second-order valence-corrected chi connectivity index (χ2v) is 8.35. The molecule has 5 heteroatoms. The number of hydrogen-bond acceptors (Lipinski definition) is 3. The Morgan fingerprint density at radius 3 is 2.70 bits per heavy atom. The average Bonchev–Trinajstić information content (AvgIpc) is 2.68. The first-order valence-corrected chi connectivity index (χ1v) is 10.6. The van der Waals surface area contributed by atoms with Gasteiger partial charge < -0.3 is 10.2 Å². The van der Waals surface area contributed by atoms with Gasteiger partial charge in [0, 0.05) is 42.3 Å². The lowest BCUT2D eigenvalue weighted by molar-refractivity contribution is 0.0865. The number of hydrogen-bond donors (Lipinski definition) is 1. The number of likely N-dealkylation sites (N-methyl/N-ethyl adjacent to an activating group) is 1. The monoisotopic (exact) mass is 477 g/mol. The van der Waals surface area contributed by atoms with Gasteiger partial charge in [-0.05, 0) is 60.2 Å². The summed E-state index contributed by atoms with van der Waals surface area (Å²) in [5.41, 5.74) is 3.30. The smallest absolute Gasteiger partial charge is 0.252 e. The van der Waals surface area contributed by atoms with Crippen molar-refractivity contribution in [2.45, 2.75) is 19.4 Å². The number of amides is 1. The van der Waals surface area contributed by atoms with Gasteiger partial charge in [0.2, 0.25) is 0 Å². The summed E-state index contributed by atoms with van der Waals surface area (Å²) in [5.74, 6) is 0.0288. The van der Waals surface area contributed by atoms with Gasteiger partial charge in [0.15, 0.2) is 0 Å². The van der Waals surface area contributed by atoms with Crippen LogP contribution in [-0.2, 0) is 0 Å². The fourth-order valence-corrected chi connectivity index (χ4v) is 4.22. The molecule has 1 amide bonds. The van der Waals surface area contributed by atoms with E-state index in [0.29, 0.717) is 12.6 Å². The van der Waals surface area contributed by atoms with Gasteiger partial charge in [-0.3, -0.25) is 9.69 Å². The molecule has 0 saturated carbocycles. The van der Waals surface area contributed by atoms with Crippen LogP contribution in [0.2, 0.25) is 0 Å². The molecule has 4 nitrogen and oxygen atoms in total. The third-order valence-corrected chi connectivity index (χ3v) is 6.65. The van der Waals surface area contributed by atoms with Gasteiger partial charge in [-0.25, -0.2) is 0 Å². The van der Waals surface area contributed by atoms with Crippen LogP contribution in [0.1, 0.15) is 33.9 Å². The van der Waals surface area contributed by atoms with Crippen LogP contribution >= 0.6 is 22.6 Å². The van der Waals surface area contributed by atoms with Crippen molar-refractivity contribution in [3.8, 4) is 0 Å². The highest BCUT2D eigenvalue weighted by Crippen LogP contribution is 2.24. The molecule has 2 aromatic carbocycles. The Bertz CT molecular complexity index is 765. The van der Waals surface area contributed by atoms with Crippen LogP contribution in [0.15, 0.2) is 48.5 Å². The summed E-state index contributed by atoms with van der Waals surface area (Å²) in [6.45, 7) is 6.96. The van der Waals surface area contributed by atoms with Gasteiger partial charge in [0.05, 0.1) is 5.56 Å². The van der Waals surface area contributed by atoms with E-state index in [-0.39, 0.29) is 5.91 Å². The molecule has 1 aliphatic rings. The number of rotatable bonds is 6. The maximum absolute atomic E-state index is 12.5. The van der Waals surface area contributed by atoms with Gasteiger partial charge in [-0.2, -0.15) is 0 Å². The summed E-state index contributed by atoms with van der Waals surface area (Å²) in [6, 6.07) is 17.1. The van der Waals surface area contributed by atoms with E-state index < -0.39 is 0 Å². The number of carbonyl (C=O) groups is 1. The molecule has 1 atom stereocenters. The Hall–Kier alpha value is -1.44. The highest BCUT2D eigenvalue weighted by Gasteiger charge is 2.25. The Labute approximate surface area is 176 Å². The van der Waals surface area contributed by atoms with Crippen LogP contribution in [0.4, 0.5) is 0 Å². The molecule has 27 heavy (non-hydrogen) atoms.